The van der Waals surface area contributed by atoms with E-state index in [-0.39, 0.29) is 5.91 Å². The lowest BCUT2D eigenvalue weighted by Crippen LogP contribution is -2.41. The van der Waals surface area contributed by atoms with Crippen molar-refractivity contribution in [3.8, 4) is 5.75 Å². The molecule has 30 heavy (non-hydrogen) atoms. The van der Waals surface area contributed by atoms with Crippen LogP contribution in [0.1, 0.15) is 5.56 Å². The highest BCUT2D eigenvalue weighted by Gasteiger charge is 2.24. The van der Waals surface area contributed by atoms with Crippen molar-refractivity contribution >= 4 is 29.1 Å². The summed E-state index contributed by atoms with van der Waals surface area (Å²) in [7, 11) is 1.65. The van der Waals surface area contributed by atoms with Gasteiger partial charge < -0.3 is 14.8 Å². The number of carbonyl (C=O) groups is 1. The van der Waals surface area contributed by atoms with Crippen LogP contribution in [-0.4, -0.2) is 50.8 Å². The van der Waals surface area contributed by atoms with Gasteiger partial charge in [-0.25, -0.2) is 0 Å². The molecule has 2 aromatic carbocycles. The molecular formula is C23H22N4O3. The molecule has 2 heterocycles. The van der Waals surface area contributed by atoms with Gasteiger partial charge >= 0.3 is 0 Å². The molecule has 1 aliphatic carbocycles. The Morgan fingerprint density at radius 2 is 1.87 bits per heavy atom. The Labute approximate surface area is 174 Å². The fourth-order valence-electron chi connectivity index (χ4n) is 3.95. The van der Waals surface area contributed by atoms with Gasteiger partial charge in [0.05, 0.1) is 26.9 Å². The molecule has 1 fully saturated rings. The van der Waals surface area contributed by atoms with Crippen LogP contribution in [-0.2, 0) is 9.53 Å². The molecule has 7 nitrogen and oxygen atoms in total. The fourth-order valence-corrected chi connectivity index (χ4v) is 3.95. The third-order valence-electron chi connectivity index (χ3n) is 5.52. The van der Waals surface area contributed by atoms with Gasteiger partial charge in [0, 0.05) is 40.4 Å². The van der Waals surface area contributed by atoms with E-state index in [0.29, 0.717) is 19.8 Å². The molecule has 3 aliphatic rings. The second kappa shape index (κ2) is 7.85. The molecule has 0 bridgehead atoms. The summed E-state index contributed by atoms with van der Waals surface area (Å²) in [6.07, 6.45) is 2.06. The van der Waals surface area contributed by atoms with Crippen LogP contribution in [0.4, 0.5) is 5.69 Å². The Hall–Kier alpha value is -3.29. The SMILES string of the molecule is COc1ccc(C2=C3C=c4c(NC(=O)CN5CCOCC5)cccc4=C3N=N2)cc1. The van der Waals surface area contributed by atoms with Gasteiger partial charge in [-0.05, 0) is 36.4 Å². The highest BCUT2D eigenvalue weighted by molar-refractivity contribution is 5.98. The third-order valence-corrected chi connectivity index (χ3v) is 5.52. The van der Waals surface area contributed by atoms with Crippen molar-refractivity contribution in [3.63, 3.8) is 0 Å². The molecule has 1 amide bonds. The maximum atomic E-state index is 12.6. The Kier molecular flexibility index (Phi) is 4.90. The number of hydrogen-bond acceptors (Lipinski definition) is 6. The summed E-state index contributed by atoms with van der Waals surface area (Å²) < 4.78 is 10.6. The van der Waals surface area contributed by atoms with Crippen molar-refractivity contribution < 1.29 is 14.3 Å². The lowest BCUT2D eigenvalue weighted by Gasteiger charge is -2.25. The molecule has 152 valence electrons. The maximum Gasteiger partial charge on any atom is 0.238 e. The first-order chi connectivity index (χ1) is 14.7. The Balaban J connectivity index is 1.45. The number of ether oxygens (including phenoxy) is 2. The first-order valence-corrected chi connectivity index (χ1v) is 9.99. The van der Waals surface area contributed by atoms with E-state index < -0.39 is 0 Å². The van der Waals surface area contributed by atoms with Crippen LogP contribution >= 0.6 is 0 Å². The van der Waals surface area contributed by atoms with Gasteiger partial charge in [-0.2, -0.15) is 0 Å². The highest BCUT2D eigenvalue weighted by atomic mass is 16.5. The summed E-state index contributed by atoms with van der Waals surface area (Å²) in [5.74, 6) is 0.777. The molecule has 0 unspecified atom stereocenters. The Morgan fingerprint density at radius 1 is 1.10 bits per heavy atom. The van der Waals surface area contributed by atoms with Crippen LogP contribution in [0.3, 0.4) is 0 Å². The largest absolute Gasteiger partial charge is 0.497 e. The predicted molar refractivity (Wildman–Crippen MR) is 114 cm³/mol. The molecule has 5 rings (SSSR count). The number of benzene rings is 2. The van der Waals surface area contributed by atoms with Crippen molar-refractivity contribution in [3.05, 3.63) is 64.0 Å². The molecule has 0 radical (unpaired) electrons. The number of amides is 1. The van der Waals surface area contributed by atoms with Crippen LogP contribution in [0.5, 0.6) is 5.75 Å². The molecular weight excluding hydrogens is 380 g/mol. The molecule has 0 aromatic heterocycles. The van der Waals surface area contributed by atoms with Gasteiger partial charge in [-0.1, -0.05) is 12.1 Å². The number of methoxy groups -OCH3 is 1. The summed E-state index contributed by atoms with van der Waals surface area (Å²) in [5.41, 5.74) is 4.43. The molecule has 1 N–H and O–H groups in total. The molecule has 1 saturated heterocycles. The number of anilines is 1. The maximum absolute atomic E-state index is 12.6. The second-order valence-electron chi connectivity index (χ2n) is 7.39. The Bertz CT molecular complexity index is 1180. The monoisotopic (exact) mass is 402 g/mol. The van der Waals surface area contributed by atoms with E-state index in [1.54, 1.807) is 7.11 Å². The lowest BCUT2D eigenvalue weighted by molar-refractivity contribution is -0.118. The van der Waals surface area contributed by atoms with E-state index in [0.717, 1.165) is 57.5 Å². The average molecular weight is 402 g/mol. The number of azo groups is 1. The molecule has 2 aliphatic heterocycles. The molecule has 0 spiro atoms. The topological polar surface area (TPSA) is 75.5 Å². The van der Waals surface area contributed by atoms with E-state index in [4.69, 9.17) is 9.47 Å². The van der Waals surface area contributed by atoms with Crippen LogP contribution in [0.15, 0.2) is 58.3 Å². The van der Waals surface area contributed by atoms with Crippen LogP contribution in [0, 0.1) is 0 Å². The molecule has 2 aromatic rings. The quantitative estimate of drug-likeness (QED) is 0.827. The summed E-state index contributed by atoms with van der Waals surface area (Å²) in [6.45, 7) is 3.27. The van der Waals surface area contributed by atoms with Gasteiger partial charge in [0.25, 0.3) is 0 Å². The van der Waals surface area contributed by atoms with Crippen molar-refractivity contribution in [2.45, 2.75) is 0 Å². The van der Waals surface area contributed by atoms with Crippen molar-refractivity contribution in [1.82, 2.24) is 4.90 Å². The summed E-state index contributed by atoms with van der Waals surface area (Å²) in [6, 6.07) is 13.7. The summed E-state index contributed by atoms with van der Waals surface area (Å²) in [4.78, 5) is 14.7. The van der Waals surface area contributed by atoms with E-state index >= 15 is 0 Å². The zero-order valence-corrected chi connectivity index (χ0v) is 16.7. The number of carbonyl (C=O) groups excluding carboxylic acids is 1. The van der Waals surface area contributed by atoms with Crippen molar-refractivity contribution in [1.29, 1.82) is 0 Å². The standard InChI is InChI=1S/C23H22N4O3/c1-29-16-7-5-15(6-8-16)22-19-13-18-17(23(19)26-25-22)3-2-4-20(18)24-21(28)14-27-9-11-30-12-10-27/h2-8,13H,9-12,14H2,1H3,(H,24,28). The van der Waals surface area contributed by atoms with Crippen LogP contribution < -0.4 is 20.5 Å². The number of morpholine rings is 1. The molecule has 7 heteroatoms. The van der Waals surface area contributed by atoms with Crippen molar-refractivity contribution in [2.75, 3.05) is 45.3 Å². The zero-order chi connectivity index (χ0) is 20.5. The van der Waals surface area contributed by atoms with Crippen LogP contribution in [0.2, 0.25) is 0 Å². The van der Waals surface area contributed by atoms with Gasteiger partial charge in [0.1, 0.15) is 17.1 Å². The zero-order valence-electron chi connectivity index (χ0n) is 16.7. The highest BCUT2D eigenvalue weighted by Crippen LogP contribution is 2.35. The second-order valence-corrected chi connectivity index (χ2v) is 7.39. The summed E-state index contributed by atoms with van der Waals surface area (Å²) >= 11 is 0. The van der Waals surface area contributed by atoms with E-state index in [9.17, 15) is 4.79 Å². The van der Waals surface area contributed by atoms with Gasteiger partial charge in [0.15, 0.2) is 0 Å². The minimum Gasteiger partial charge on any atom is -0.497 e. The smallest absolute Gasteiger partial charge is 0.238 e. The number of rotatable bonds is 5. The minimum absolute atomic E-state index is 0.0215. The van der Waals surface area contributed by atoms with Gasteiger partial charge in [-0.3, -0.25) is 9.69 Å². The van der Waals surface area contributed by atoms with Gasteiger partial charge in [-0.15, -0.1) is 10.2 Å². The normalized spacial score (nSPS) is 17.6. The first-order valence-electron chi connectivity index (χ1n) is 9.99. The van der Waals surface area contributed by atoms with Gasteiger partial charge in [0.2, 0.25) is 5.91 Å². The van der Waals surface area contributed by atoms with Crippen molar-refractivity contribution in [2.24, 2.45) is 10.2 Å². The number of fused-ring (bicyclic) bond motifs is 2. The number of hydrogen-bond donors (Lipinski definition) is 1. The fraction of sp³-hybridized carbons (Fsp3) is 0.261. The predicted octanol–water partition coefficient (Wildman–Crippen LogP) is 1.75. The molecule has 0 atom stereocenters. The lowest BCUT2D eigenvalue weighted by atomic mass is 10.1. The van der Waals surface area contributed by atoms with E-state index in [1.165, 1.54) is 0 Å². The first kappa shape index (κ1) is 18.7. The molecule has 0 saturated carbocycles. The number of nitrogens with zero attached hydrogens (tertiary/aromatic N) is 3. The third kappa shape index (κ3) is 3.42. The van der Waals surface area contributed by atoms with E-state index in [1.807, 2.05) is 42.5 Å². The average Bonchev–Trinajstić information content (AvgIpc) is 3.35. The van der Waals surface area contributed by atoms with E-state index in [2.05, 4.69) is 26.5 Å². The van der Waals surface area contributed by atoms with Crippen LogP contribution in [0.25, 0.3) is 17.5 Å². The number of nitrogens with one attached hydrogen (secondary N) is 1. The summed E-state index contributed by atoms with van der Waals surface area (Å²) in [5, 5.41) is 13.9. The minimum atomic E-state index is -0.0215. The Morgan fingerprint density at radius 3 is 2.63 bits per heavy atom.